The van der Waals surface area contributed by atoms with Crippen molar-refractivity contribution in [2.24, 2.45) is 0 Å². The van der Waals surface area contributed by atoms with Crippen molar-refractivity contribution in [1.29, 1.82) is 0 Å². The predicted molar refractivity (Wildman–Crippen MR) is 103 cm³/mol. The second-order valence-electron chi connectivity index (χ2n) is 5.47. The largest absolute Gasteiger partial charge is 0.465 e. The molecule has 2 aromatic carbocycles. The highest BCUT2D eigenvalue weighted by Gasteiger charge is 2.17. The van der Waals surface area contributed by atoms with Gasteiger partial charge in [0.15, 0.2) is 0 Å². The highest BCUT2D eigenvalue weighted by Crippen LogP contribution is 2.21. The molecule has 0 aliphatic rings. The fraction of sp³-hybridized carbons (Fsp3) is 0. The van der Waals surface area contributed by atoms with Crippen molar-refractivity contribution >= 4 is 39.5 Å². The zero-order chi connectivity index (χ0) is 19.2. The molecule has 3 rings (SSSR count). The number of hydrogen-bond donors (Lipinski definition) is 2. The number of anilines is 1. The molecule has 2 N–H and O–H groups in total. The first-order chi connectivity index (χ1) is 13.0. The Bertz CT molecular complexity index is 986. The van der Waals surface area contributed by atoms with E-state index in [1.807, 2.05) is 0 Å². The summed E-state index contributed by atoms with van der Waals surface area (Å²) in [5.74, 6) is -1.40. The number of amides is 2. The van der Waals surface area contributed by atoms with Gasteiger partial charge in [-0.1, -0.05) is 34.1 Å². The van der Waals surface area contributed by atoms with Crippen molar-refractivity contribution in [3.8, 4) is 0 Å². The summed E-state index contributed by atoms with van der Waals surface area (Å²) in [7, 11) is 0. The third-order valence-electron chi connectivity index (χ3n) is 3.54. The van der Waals surface area contributed by atoms with Gasteiger partial charge in [0.05, 0.1) is 12.0 Å². The van der Waals surface area contributed by atoms with Crippen molar-refractivity contribution in [1.82, 2.24) is 5.32 Å². The summed E-state index contributed by atoms with van der Waals surface area (Å²) < 4.78 is 19.7. The molecule has 0 bridgehead atoms. The summed E-state index contributed by atoms with van der Waals surface area (Å²) in [5.41, 5.74) is 0.274. The number of nitrogens with one attached hydrogen (secondary N) is 2. The second-order valence-corrected chi connectivity index (χ2v) is 6.39. The minimum absolute atomic E-state index is 0.0197. The maximum absolute atomic E-state index is 13.9. The number of hydrogen-bond acceptors (Lipinski definition) is 3. The molecule has 1 aromatic heterocycles. The van der Waals surface area contributed by atoms with E-state index in [-0.39, 0.29) is 11.4 Å². The van der Waals surface area contributed by atoms with Crippen LogP contribution in [0.15, 0.2) is 81.5 Å². The number of rotatable bonds is 5. The van der Waals surface area contributed by atoms with E-state index < -0.39 is 17.6 Å². The lowest BCUT2D eigenvalue weighted by Gasteiger charge is -2.11. The molecule has 5 nitrogen and oxygen atoms in total. The number of halogens is 2. The average Bonchev–Trinajstić information content (AvgIpc) is 3.18. The van der Waals surface area contributed by atoms with E-state index in [1.54, 1.807) is 42.5 Å². The van der Waals surface area contributed by atoms with Gasteiger partial charge in [-0.15, -0.1) is 0 Å². The van der Waals surface area contributed by atoms with Gasteiger partial charge in [-0.05, 0) is 42.5 Å². The van der Waals surface area contributed by atoms with E-state index in [0.717, 1.165) is 0 Å². The molecule has 0 aliphatic heterocycles. The van der Waals surface area contributed by atoms with Crippen LogP contribution in [0.1, 0.15) is 16.1 Å². The average molecular weight is 429 g/mol. The van der Waals surface area contributed by atoms with Crippen molar-refractivity contribution in [2.45, 2.75) is 0 Å². The lowest BCUT2D eigenvalue weighted by molar-refractivity contribution is -0.113. The van der Waals surface area contributed by atoms with Gasteiger partial charge in [0.1, 0.15) is 17.3 Å². The predicted octanol–water partition coefficient (Wildman–Crippen LogP) is 4.59. The van der Waals surface area contributed by atoms with E-state index >= 15 is 0 Å². The molecule has 0 radical (unpaired) electrons. The molecule has 0 fully saturated rings. The summed E-state index contributed by atoms with van der Waals surface area (Å²) in [5, 5.41) is 4.99. The fourth-order valence-electron chi connectivity index (χ4n) is 2.24. The highest BCUT2D eigenvalue weighted by molar-refractivity contribution is 9.10. The maximum atomic E-state index is 13.9. The Labute approximate surface area is 163 Å². The van der Waals surface area contributed by atoms with E-state index in [1.165, 1.54) is 30.5 Å². The molecule has 2 amide bonds. The monoisotopic (exact) mass is 428 g/mol. The van der Waals surface area contributed by atoms with Gasteiger partial charge in [0.25, 0.3) is 11.8 Å². The van der Waals surface area contributed by atoms with Crippen LogP contribution in [0.4, 0.5) is 10.1 Å². The molecule has 0 unspecified atom stereocenters. The first kappa shape index (κ1) is 18.6. The van der Waals surface area contributed by atoms with Crippen molar-refractivity contribution in [3.05, 3.63) is 94.2 Å². The third-order valence-corrected chi connectivity index (χ3v) is 4.03. The van der Waals surface area contributed by atoms with Crippen molar-refractivity contribution in [3.63, 3.8) is 0 Å². The van der Waals surface area contributed by atoms with E-state index in [4.69, 9.17) is 4.42 Å². The van der Waals surface area contributed by atoms with Gasteiger partial charge >= 0.3 is 0 Å². The first-order valence-electron chi connectivity index (χ1n) is 7.91. The zero-order valence-corrected chi connectivity index (χ0v) is 15.5. The van der Waals surface area contributed by atoms with Crippen LogP contribution >= 0.6 is 15.9 Å². The minimum Gasteiger partial charge on any atom is -0.465 e. The number of carbonyl (C=O) groups excluding carboxylic acids is 2. The van der Waals surface area contributed by atoms with E-state index in [0.29, 0.717) is 15.8 Å². The summed E-state index contributed by atoms with van der Waals surface area (Å²) >= 11 is 3.23. The van der Waals surface area contributed by atoms with Crippen LogP contribution in [0.3, 0.4) is 0 Å². The third kappa shape index (κ3) is 4.92. The topological polar surface area (TPSA) is 71.3 Å². The fourth-order valence-corrected chi connectivity index (χ4v) is 2.60. The summed E-state index contributed by atoms with van der Waals surface area (Å²) in [6.07, 6.45) is 2.81. The van der Waals surface area contributed by atoms with Crippen LogP contribution in [-0.4, -0.2) is 11.8 Å². The molecule has 3 aromatic rings. The normalized spacial score (nSPS) is 11.1. The lowest BCUT2D eigenvalue weighted by Crippen LogP contribution is -2.30. The molecule has 7 heteroatoms. The molecule has 0 saturated heterocycles. The molecule has 0 saturated carbocycles. The molecule has 1 heterocycles. The van der Waals surface area contributed by atoms with Gasteiger partial charge in [0.2, 0.25) is 0 Å². The Morgan fingerprint density at radius 3 is 2.52 bits per heavy atom. The molecule has 136 valence electrons. The lowest BCUT2D eigenvalue weighted by atomic mass is 10.2. The van der Waals surface area contributed by atoms with Gasteiger partial charge in [-0.3, -0.25) is 9.59 Å². The Morgan fingerprint density at radius 1 is 1.04 bits per heavy atom. The summed E-state index contributed by atoms with van der Waals surface area (Å²) in [6.45, 7) is 0. The quantitative estimate of drug-likeness (QED) is 0.583. The Morgan fingerprint density at radius 2 is 1.81 bits per heavy atom. The zero-order valence-electron chi connectivity index (χ0n) is 13.9. The standard InChI is InChI=1S/C20H14BrFN2O3/c21-14-8-9-16(22)17(11-14)23-20(26)18(12-15-7-4-10-27-15)24-19(25)13-5-2-1-3-6-13/h1-12H,(H,23,26)(H,24,25)/b18-12-. The van der Waals surface area contributed by atoms with E-state index in [9.17, 15) is 14.0 Å². The van der Waals surface area contributed by atoms with Crippen LogP contribution < -0.4 is 10.6 Å². The molecular weight excluding hydrogens is 415 g/mol. The Balaban J connectivity index is 1.87. The van der Waals surface area contributed by atoms with Crippen molar-refractivity contribution < 1.29 is 18.4 Å². The Kier molecular flexibility index (Phi) is 5.83. The highest BCUT2D eigenvalue weighted by atomic mass is 79.9. The van der Waals surface area contributed by atoms with Crippen LogP contribution in [-0.2, 0) is 4.79 Å². The maximum Gasteiger partial charge on any atom is 0.272 e. The van der Waals surface area contributed by atoms with Crippen LogP contribution in [0.5, 0.6) is 0 Å². The van der Waals surface area contributed by atoms with Gasteiger partial charge in [-0.2, -0.15) is 0 Å². The molecule has 0 aliphatic carbocycles. The second kappa shape index (κ2) is 8.46. The van der Waals surface area contributed by atoms with Gasteiger partial charge in [0, 0.05) is 16.1 Å². The van der Waals surface area contributed by atoms with E-state index in [2.05, 4.69) is 26.6 Å². The SMILES string of the molecule is O=C(Nc1cc(Br)ccc1F)/C(=C/c1ccco1)NC(=O)c1ccccc1. The smallest absolute Gasteiger partial charge is 0.272 e. The Hall–Kier alpha value is -3.19. The minimum atomic E-state index is -0.687. The number of carbonyl (C=O) groups is 2. The van der Waals surface area contributed by atoms with Gasteiger partial charge < -0.3 is 15.1 Å². The molecular formula is C20H14BrFN2O3. The molecule has 0 spiro atoms. The summed E-state index contributed by atoms with van der Waals surface area (Å²) in [4.78, 5) is 25.1. The van der Waals surface area contributed by atoms with Crippen molar-refractivity contribution in [2.75, 3.05) is 5.32 Å². The first-order valence-corrected chi connectivity index (χ1v) is 8.70. The van der Waals surface area contributed by atoms with Crippen LogP contribution in [0.25, 0.3) is 6.08 Å². The van der Waals surface area contributed by atoms with Crippen LogP contribution in [0.2, 0.25) is 0 Å². The number of benzene rings is 2. The number of furan rings is 1. The van der Waals surface area contributed by atoms with Gasteiger partial charge in [-0.25, -0.2) is 4.39 Å². The summed E-state index contributed by atoms with van der Waals surface area (Å²) in [6, 6.07) is 15.9. The molecule has 0 atom stereocenters. The molecule has 27 heavy (non-hydrogen) atoms. The van der Waals surface area contributed by atoms with Crippen LogP contribution in [0, 0.1) is 5.82 Å².